The van der Waals surface area contributed by atoms with Crippen LogP contribution < -0.4 is 0 Å². The molecular weight excluding hydrogens is 196 g/mol. The fourth-order valence-electron chi connectivity index (χ4n) is 1.48. The van der Waals surface area contributed by atoms with Crippen LogP contribution in [0, 0.1) is 12.8 Å². The van der Waals surface area contributed by atoms with Crippen LogP contribution in [0.3, 0.4) is 0 Å². The standard InChI is InChI=1S/C11H19O4/c1-2-6-9(11(14)15)7-4-3-5-8-10(12)13/h9H,1-8H2,(H,12,13)(H,14,15). The van der Waals surface area contributed by atoms with Crippen molar-refractivity contribution in [3.05, 3.63) is 6.92 Å². The minimum atomic E-state index is -0.789. The summed E-state index contributed by atoms with van der Waals surface area (Å²) in [6, 6.07) is 0. The Morgan fingerprint density at radius 1 is 1.07 bits per heavy atom. The van der Waals surface area contributed by atoms with Gasteiger partial charge >= 0.3 is 11.9 Å². The van der Waals surface area contributed by atoms with E-state index < -0.39 is 11.9 Å². The van der Waals surface area contributed by atoms with E-state index in [4.69, 9.17) is 10.2 Å². The van der Waals surface area contributed by atoms with Crippen molar-refractivity contribution in [2.75, 3.05) is 0 Å². The summed E-state index contributed by atoms with van der Waals surface area (Å²) in [6.45, 7) is 3.63. The molecule has 0 fully saturated rings. The van der Waals surface area contributed by atoms with Crippen LogP contribution in [0.5, 0.6) is 0 Å². The van der Waals surface area contributed by atoms with Crippen LogP contribution in [-0.2, 0) is 9.59 Å². The zero-order valence-electron chi connectivity index (χ0n) is 8.95. The number of aliphatic carboxylic acids is 2. The van der Waals surface area contributed by atoms with E-state index in [0.29, 0.717) is 25.7 Å². The predicted molar refractivity (Wildman–Crippen MR) is 56.4 cm³/mol. The van der Waals surface area contributed by atoms with E-state index in [9.17, 15) is 9.59 Å². The van der Waals surface area contributed by atoms with Gasteiger partial charge in [-0.25, -0.2) is 0 Å². The molecule has 0 saturated heterocycles. The molecule has 1 atom stereocenters. The second kappa shape index (κ2) is 8.26. The van der Waals surface area contributed by atoms with Crippen LogP contribution in [0.25, 0.3) is 0 Å². The molecule has 0 rings (SSSR count). The number of hydrogen-bond acceptors (Lipinski definition) is 2. The summed E-state index contributed by atoms with van der Waals surface area (Å²) in [4.78, 5) is 20.9. The van der Waals surface area contributed by atoms with E-state index in [-0.39, 0.29) is 12.3 Å². The molecule has 0 saturated carbocycles. The van der Waals surface area contributed by atoms with Gasteiger partial charge in [-0.15, -0.1) is 0 Å². The zero-order valence-corrected chi connectivity index (χ0v) is 8.95. The fraction of sp³-hybridized carbons (Fsp3) is 0.727. The first kappa shape index (κ1) is 13.9. The van der Waals surface area contributed by atoms with Crippen LogP contribution in [-0.4, -0.2) is 22.2 Å². The van der Waals surface area contributed by atoms with E-state index in [1.807, 2.05) is 0 Å². The Balaban J connectivity index is 3.53. The molecule has 0 amide bonds. The molecule has 4 heteroatoms. The summed E-state index contributed by atoms with van der Waals surface area (Å²) in [5.41, 5.74) is 0. The maximum atomic E-state index is 10.7. The number of carboxylic acid groups (broad SMARTS) is 2. The first-order valence-corrected chi connectivity index (χ1v) is 5.31. The van der Waals surface area contributed by atoms with Gasteiger partial charge in [0.1, 0.15) is 0 Å². The lowest BCUT2D eigenvalue weighted by atomic mass is 9.96. The number of carbonyl (C=O) groups is 2. The second-order valence-corrected chi connectivity index (χ2v) is 3.67. The molecule has 0 aliphatic rings. The smallest absolute Gasteiger partial charge is 0.306 e. The molecule has 0 spiro atoms. The van der Waals surface area contributed by atoms with E-state index in [1.54, 1.807) is 0 Å². The minimum Gasteiger partial charge on any atom is -0.481 e. The first-order valence-electron chi connectivity index (χ1n) is 5.31. The third kappa shape index (κ3) is 7.97. The van der Waals surface area contributed by atoms with Gasteiger partial charge in [-0.2, -0.15) is 0 Å². The molecule has 0 aromatic rings. The van der Waals surface area contributed by atoms with Crippen molar-refractivity contribution < 1.29 is 19.8 Å². The quantitative estimate of drug-likeness (QED) is 0.579. The van der Waals surface area contributed by atoms with E-state index >= 15 is 0 Å². The monoisotopic (exact) mass is 215 g/mol. The Morgan fingerprint density at radius 3 is 2.20 bits per heavy atom. The molecular formula is C11H19O4. The maximum absolute atomic E-state index is 10.7. The molecule has 1 radical (unpaired) electrons. The van der Waals surface area contributed by atoms with Gasteiger partial charge in [0.15, 0.2) is 0 Å². The lowest BCUT2D eigenvalue weighted by Crippen LogP contribution is -2.13. The van der Waals surface area contributed by atoms with Crippen LogP contribution in [0.4, 0.5) is 0 Å². The minimum absolute atomic E-state index is 0.174. The Labute approximate surface area is 90.3 Å². The van der Waals surface area contributed by atoms with Crippen molar-refractivity contribution in [1.29, 1.82) is 0 Å². The molecule has 15 heavy (non-hydrogen) atoms. The summed E-state index contributed by atoms with van der Waals surface area (Å²) in [6.07, 6.45) is 4.24. The average molecular weight is 215 g/mol. The van der Waals surface area contributed by atoms with Gasteiger partial charge in [-0.3, -0.25) is 9.59 Å². The van der Waals surface area contributed by atoms with Gasteiger partial charge in [0.2, 0.25) is 0 Å². The van der Waals surface area contributed by atoms with Crippen molar-refractivity contribution in [3.63, 3.8) is 0 Å². The maximum Gasteiger partial charge on any atom is 0.306 e. The highest BCUT2D eigenvalue weighted by atomic mass is 16.4. The summed E-state index contributed by atoms with van der Waals surface area (Å²) < 4.78 is 0. The van der Waals surface area contributed by atoms with Crippen molar-refractivity contribution in [2.24, 2.45) is 5.92 Å². The SMILES string of the molecule is [CH2]CCC(CCCCCC(=O)O)C(=O)O. The van der Waals surface area contributed by atoms with Crippen molar-refractivity contribution in [3.8, 4) is 0 Å². The van der Waals surface area contributed by atoms with Gasteiger partial charge in [0.25, 0.3) is 0 Å². The largest absolute Gasteiger partial charge is 0.481 e. The highest BCUT2D eigenvalue weighted by Crippen LogP contribution is 2.16. The molecule has 87 valence electrons. The molecule has 0 aromatic heterocycles. The lowest BCUT2D eigenvalue weighted by molar-refractivity contribution is -0.142. The molecule has 0 heterocycles. The van der Waals surface area contributed by atoms with E-state index in [2.05, 4.69) is 6.92 Å². The van der Waals surface area contributed by atoms with Gasteiger partial charge in [-0.1, -0.05) is 26.2 Å². The van der Waals surface area contributed by atoms with Gasteiger partial charge in [0.05, 0.1) is 5.92 Å². The van der Waals surface area contributed by atoms with Crippen molar-refractivity contribution in [1.82, 2.24) is 0 Å². The molecule has 1 unspecified atom stereocenters. The number of hydrogen-bond donors (Lipinski definition) is 2. The second-order valence-electron chi connectivity index (χ2n) is 3.67. The first-order chi connectivity index (χ1) is 7.07. The van der Waals surface area contributed by atoms with E-state index in [1.165, 1.54) is 0 Å². The Bertz CT molecular complexity index is 201. The van der Waals surface area contributed by atoms with E-state index in [0.717, 1.165) is 12.8 Å². The van der Waals surface area contributed by atoms with Crippen LogP contribution in [0.15, 0.2) is 0 Å². The molecule has 0 bridgehead atoms. The molecule has 0 aliphatic carbocycles. The number of unbranched alkanes of at least 4 members (excludes halogenated alkanes) is 2. The van der Waals surface area contributed by atoms with Crippen LogP contribution >= 0.6 is 0 Å². The lowest BCUT2D eigenvalue weighted by Gasteiger charge is -2.09. The topological polar surface area (TPSA) is 74.6 Å². The van der Waals surface area contributed by atoms with Crippen LogP contribution in [0.2, 0.25) is 0 Å². The summed E-state index contributed by atoms with van der Waals surface area (Å²) in [5, 5.41) is 17.2. The number of rotatable bonds is 9. The average Bonchev–Trinajstić information content (AvgIpc) is 2.15. The summed E-state index contributed by atoms with van der Waals surface area (Å²) in [7, 11) is 0. The normalized spacial score (nSPS) is 12.3. The Hall–Kier alpha value is -1.06. The predicted octanol–water partition coefficient (Wildman–Crippen LogP) is 2.34. The summed E-state index contributed by atoms with van der Waals surface area (Å²) in [5.74, 6) is -1.87. The third-order valence-electron chi connectivity index (χ3n) is 2.35. The number of carboxylic acids is 2. The Morgan fingerprint density at radius 2 is 1.73 bits per heavy atom. The van der Waals surface area contributed by atoms with Crippen molar-refractivity contribution in [2.45, 2.75) is 44.9 Å². The van der Waals surface area contributed by atoms with Crippen molar-refractivity contribution >= 4 is 11.9 Å². The molecule has 2 N–H and O–H groups in total. The van der Waals surface area contributed by atoms with Crippen LogP contribution in [0.1, 0.15) is 44.9 Å². The summed E-state index contributed by atoms with van der Waals surface area (Å²) >= 11 is 0. The molecule has 0 aliphatic heterocycles. The molecule has 0 aromatic carbocycles. The van der Waals surface area contributed by atoms with Gasteiger partial charge in [-0.05, 0) is 19.3 Å². The fourth-order valence-corrected chi connectivity index (χ4v) is 1.48. The third-order valence-corrected chi connectivity index (χ3v) is 2.35. The highest BCUT2D eigenvalue weighted by Gasteiger charge is 2.15. The molecule has 4 nitrogen and oxygen atoms in total. The highest BCUT2D eigenvalue weighted by molar-refractivity contribution is 5.69. The van der Waals surface area contributed by atoms with Gasteiger partial charge < -0.3 is 10.2 Å². The van der Waals surface area contributed by atoms with Gasteiger partial charge in [0, 0.05) is 6.42 Å². The zero-order chi connectivity index (χ0) is 11.7. The Kier molecular flexibility index (Phi) is 7.68.